The third kappa shape index (κ3) is 4.65. The molecule has 3 saturated heterocycles. The Morgan fingerprint density at radius 3 is 2.41 bits per heavy atom. The van der Waals surface area contributed by atoms with Gasteiger partial charge in [-0.05, 0) is 31.6 Å². The van der Waals surface area contributed by atoms with Crippen molar-refractivity contribution in [3.05, 3.63) is 0 Å². The Balaban J connectivity index is 1.43. The van der Waals surface area contributed by atoms with Crippen molar-refractivity contribution < 1.29 is 19.0 Å². The fourth-order valence-electron chi connectivity index (χ4n) is 3.46. The highest BCUT2D eigenvalue weighted by molar-refractivity contribution is 5.81. The van der Waals surface area contributed by atoms with E-state index in [-0.39, 0.29) is 18.1 Å². The Labute approximate surface area is 132 Å². The Morgan fingerprint density at radius 1 is 1.00 bits per heavy atom. The van der Waals surface area contributed by atoms with Crippen molar-refractivity contribution >= 4 is 5.91 Å². The van der Waals surface area contributed by atoms with Crippen LogP contribution >= 0.6 is 0 Å². The first-order valence-electron chi connectivity index (χ1n) is 8.61. The van der Waals surface area contributed by atoms with Crippen molar-refractivity contribution in [2.45, 2.75) is 37.8 Å². The fourth-order valence-corrected chi connectivity index (χ4v) is 3.46. The van der Waals surface area contributed by atoms with E-state index in [1.807, 2.05) is 0 Å². The lowest BCUT2D eigenvalue weighted by Gasteiger charge is -2.36. The maximum absolute atomic E-state index is 12.4. The number of hydrogen-bond acceptors (Lipinski definition) is 5. The van der Waals surface area contributed by atoms with Crippen LogP contribution in [0.3, 0.4) is 0 Å². The number of nitrogens with one attached hydrogen (secondary N) is 1. The predicted molar refractivity (Wildman–Crippen MR) is 81.7 cm³/mol. The van der Waals surface area contributed by atoms with Crippen LogP contribution in [0.2, 0.25) is 0 Å². The van der Waals surface area contributed by atoms with Gasteiger partial charge in [0.25, 0.3) is 5.91 Å². The van der Waals surface area contributed by atoms with Gasteiger partial charge in [-0.15, -0.1) is 0 Å². The standard InChI is InChI=1S/C16H28N2O4/c19-16(17-14-3-8-21-9-4-14)15-12-18(5-10-22-15)11-13-1-6-20-7-2-13/h13-15H,1-12H2,(H,17,19). The first-order valence-corrected chi connectivity index (χ1v) is 8.61. The van der Waals surface area contributed by atoms with E-state index in [0.29, 0.717) is 19.1 Å². The second-order valence-electron chi connectivity index (χ2n) is 6.57. The molecular formula is C16H28N2O4. The number of amides is 1. The molecule has 0 bridgehead atoms. The molecule has 0 aromatic carbocycles. The second-order valence-corrected chi connectivity index (χ2v) is 6.57. The van der Waals surface area contributed by atoms with Gasteiger partial charge in [-0.25, -0.2) is 0 Å². The van der Waals surface area contributed by atoms with Crippen LogP contribution in [0.15, 0.2) is 0 Å². The number of carbonyl (C=O) groups is 1. The van der Waals surface area contributed by atoms with E-state index in [4.69, 9.17) is 14.2 Å². The lowest BCUT2D eigenvalue weighted by atomic mass is 9.99. The SMILES string of the molecule is O=C(NC1CCOCC1)C1CN(CC2CCOCC2)CCO1. The highest BCUT2D eigenvalue weighted by Gasteiger charge is 2.29. The van der Waals surface area contributed by atoms with E-state index in [9.17, 15) is 4.79 Å². The largest absolute Gasteiger partial charge is 0.381 e. The van der Waals surface area contributed by atoms with Gasteiger partial charge >= 0.3 is 0 Å². The topological polar surface area (TPSA) is 60.0 Å². The summed E-state index contributed by atoms with van der Waals surface area (Å²) >= 11 is 0. The van der Waals surface area contributed by atoms with Crippen LogP contribution < -0.4 is 5.32 Å². The third-order valence-corrected chi connectivity index (χ3v) is 4.87. The molecule has 1 N–H and O–H groups in total. The predicted octanol–water partition coefficient (Wildman–Crippen LogP) is 0.409. The molecule has 0 aliphatic carbocycles. The molecule has 6 nitrogen and oxygen atoms in total. The van der Waals surface area contributed by atoms with Gasteiger partial charge in [0, 0.05) is 52.1 Å². The zero-order chi connectivity index (χ0) is 15.2. The Kier molecular flexibility index (Phi) is 6.06. The summed E-state index contributed by atoms with van der Waals surface area (Å²) in [6, 6.07) is 0.246. The smallest absolute Gasteiger partial charge is 0.250 e. The van der Waals surface area contributed by atoms with Crippen LogP contribution in [0.4, 0.5) is 0 Å². The van der Waals surface area contributed by atoms with Gasteiger partial charge in [0.1, 0.15) is 6.10 Å². The van der Waals surface area contributed by atoms with Gasteiger partial charge in [0.05, 0.1) is 6.61 Å². The van der Waals surface area contributed by atoms with Crippen molar-refractivity contribution in [1.82, 2.24) is 10.2 Å². The average molecular weight is 312 g/mol. The summed E-state index contributed by atoms with van der Waals surface area (Å²) in [6.45, 7) is 6.59. The molecule has 1 atom stereocenters. The molecular weight excluding hydrogens is 284 g/mol. The summed E-state index contributed by atoms with van der Waals surface area (Å²) in [6.07, 6.45) is 3.76. The maximum atomic E-state index is 12.4. The summed E-state index contributed by atoms with van der Waals surface area (Å²) in [5.41, 5.74) is 0. The first-order chi connectivity index (χ1) is 10.8. The minimum Gasteiger partial charge on any atom is -0.381 e. The monoisotopic (exact) mass is 312 g/mol. The maximum Gasteiger partial charge on any atom is 0.250 e. The van der Waals surface area contributed by atoms with Gasteiger partial charge in [0.15, 0.2) is 0 Å². The number of carbonyl (C=O) groups excluding carboxylic acids is 1. The highest BCUT2D eigenvalue weighted by Crippen LogP contribution is 2.18. The van der Waals surface area contributed by atoms with Crippen molar-refractivity contribution in [2.24, 2.45) is 5.92 Å². The van der Waals surface area contributed by atoms with Crippen LogP contribution in [-0.4, -0.2) is 75.6 Å². The molecule has 126 valence electrons. The lowest BCUT2D eigenvalue weighted by molar-refractivity contribution is -0.140. The molecule has 1 amide bonds. The minimum absolute atomic E-state index is 0.0450. The van der Waals surface area contributed by atoms with Crippen LogP contribution in [0.1, 0.15) is 25.7 Å². The van der Waals surface area contributed by atoms with Gasteiger partial charge in [0.2, 0.25) is 0 Å². The molecule has 3 fully saturated rings. The molecule has 3 aliphatic heterocycles. The quantitative estimate of drug-likeness (QED) is 0.815. The number of nitrogens with zero attached hydrogens (tertiary/aromatic N) is 1. The molecule has 0 aromatic heterocycles. The molecule has 1 unspecified atom stereocenters. The lowest BCUT2D eigenvalue weighted by Crippen LogP contribution is -2.53. The highest BCUT2D eigenvalue weighted by atomic mass is 16.5. The zero-order valence-corrected chi connectivity index (χ0v) is 13.3. The van der Waals surface area contributed by atoms with E-state index < -0.39 is 0 Å². The number of ether oxygens (including phenoxy) is 3. The second kappa shape index (κ2) is 8.24. The Hall–Kier alpha value is -0.690. The number of rotatable bonds is 4. The van der Waals surface area contributed by atoms with Crippen molar-refractivity contribution in [2.75, 3.05) is 52.7 Å². The number of hydrogen-bond donors (Lipinski definition) is 1. The molecule has 0 radical (unpaired) electrons. The minimum atomic E-state index is -0.323. The van der Waals surface area contributed by atoms with E-state index in [1.165, 1.54) is 0 Å². The van der Waals surface area contributed by atoms with Crippen molar-refractivity contribution in [3.63, 3.8) is 0 Å². The van der Waals surface area contributed by atoms with Gasteiger partial charge in [-0.3, -0.25) is 9.69 Å². The number of morpholine rings is 1. The van der Waals surface area contributed by atoms with Gasteiger partial charge in [-0.1, -0.05) is 0 Å². The third-order valence-electron chi connectivity index (χ3n) is 4.87. The normalized spacial score (nSPS) is 29.4. The van der Waals surface area contributed by atoms with E-state index in [1.54, 1.807) is 0 Å². The van der Waals surface area contributed by atoms with Gasteiger partial charge in [-0.2, -0.15) is 0 Å². The summed E-state index contributed by atoms with van der Waals surface area (Å²) < 4.78 is 16.4. The molecule has 0 saturated carbocycles. The van der Waals surface area contributed by atoms with Crippen LogP contribution in [0.5, 0.6) is 0 Å². The van der Waals surface area contributed by atoms with E-state index >= 15 is 0 Å². The molecule has 0 spiro atoms. The summed E-state index contributed by atoms with van der Waals surface area (Å²) in [5, 5.41) is 3.12. The summed E-state index contributed by atoms with van der Waals surface area (Å²) in [7, 11) is 0. The summed E-state index contributed by atoms with van der Waals surface area (Å²) in [5.74, 6) is 0.745. The Morgan fingerprint density at radius 2 is 1.68 bits per heavy atom. The van der Waals surface area contributed by atoms with Crippen molar-refractivity contribution in [3.8, 4) is 0 Å². The van der Waals surface area contributed by atoms with Crippen molar-refractivity contribution in [1.29, 1.82) is 0 Å². The fraction of sp³-hybridized carbons (Fsp3) is 0.938. The van der Waals surface area contributed by atoms with Crippen LogP contribution in [0, 0.1) is 5.92 Å². The van der Waals surface area contributed by atoms with Crippen LogP contribution in [-0.2, 0) is 19.0 Å². The molecule has 22 heavy (non-hydrogen) atoms. The van der Waals surface area contributed by atoms with E-state index in [2.05, 4.69) is 10.2 Å². The van der Waals surface area contributed by atoms with Gasteiger partial charge < -0.3 is 19.5 Å². The molecule has 0 aromatic rings. The van der Waals surface area contributed by atoms with E-state index in [0.717, 1.165) is 65.2 Å². The molecule has 3 rings (SSSR count). The molecule has 3 heterocycles. The summed E-state index contributed by atoms with van der Waals surface area (Å²) in [4.78, 5) is 14.8. The van der Waals surface area contributed by atoms with Crippen LogP contribution in [0.25, 0.3) is 0 Å². The molecule has 3 aliphatic rings. The molecule has 6 heteroatoms. The zero-order valence-electron chi connectivity index (χ0n) is 13.3. The first kappa shape index (κ1) is 16.2. The average Bonchev–Trinajstić information content (AvgIpc) is 2.57. The Bertz CT molecular complexity index is 354.